The Bertz CT molecular complexity index is 658. The van der Waals surface area contributed by atoms with E-state index in [4.69, 9.17) is 10.00 Å². The van der Waals surface area contributed by atoms with Crippen molar-refractivity contribution < 1.29 is 14.3 Å². The molecule has 1 aliphatic heterocycles. The van der Waals surface area contributed by atoms with Gasteiger partial charge >= 0.3 is 12.0 Å². The molecule has 1 heterocycles. The predicted molar refractivity (Wildman–Crippen MR) is 74.9 cm³/mol. The van der Waals surface area contributed by atoms with Crippen LogP contribution in [0, 0.1) is 11.3 Å². The molecule has 1 aromatic carbocycles. The van der Waals surface area contributed by atoms with Crippen LogP contribution in [0.25, 0.3) is 0 Å². The molecule has 0 saturated carbocycles. The number of nitrogens with one attached hydrogen (secondary N) is 2. The van der Waals surface area contributed by atoms with Gasteiger partial charge in [0.15, 0.2) is 0 Å². The van der Waals surface area contributed by atoms with Crippen LogP contribution in [-0.4, -0.2) is 18.6 Å². The van der Waals surface area contributed by atoms with Gasteiger partial charge in [-0.2, -0.15) is 5.26 Å². The van der Waals surface area contributed by atoms with Gasteiger partial charge in [-0.3, -0.25) is 0 Å². The average Bonchev–Trinajstić information content (AvgIpc) is 2.46. The van der Waals surface area contributed by atoms with Gasteiger partial charge in [-0.15, -0.1) is 0 Å². The summed E-state index contributed by atoms with van der Waals surface area (Å²) in [6.07, 6.45) is 0. The lowest BCUT2D eigenvalue weighted by atomic mass is 9.94. The summed E-state index contributed by atoms with van der Waals surface area (Å²) in [6, 6.07) is 7.77. The van der Waals surface area contributed by atoms with Crippen LogP contribution >= 0.6 is 0 Å². The summed E-state index contributed by atoms with van der Waals surface area (Å²) in [7, 11) is 0. The van der Waals surface area contributed by atoms with Gasteiger partial charge in [-0.05, 0) is 31.5 Å². The third-order valence-electron chi connectivity index (χ3n) is 3.11. The molecule has 1 aromatic rings. The lowest BCUT2D eigenvalue weighted by molar-refractivity contribution is -0.139. The van der Waals surface area contributed by atoms with Crippen LogP contribution in [0.1, 0.15) is 31.0 Å². The molecule has 2 rings (SSSR count). The minimum atomic E-state index is -0.633. The second kappa shape index (κ2) is 6.09. The number of esters is 1. The van der Waals surface area contributed by atoms with Crippen molar-refractivity contribution in [1.29, 1.82) is 5.26 Å². The Morgan fingerprint density at radius 1 is 1.48 bits per heavy atom. The fourth-order valence-corrected chi connectivity index (χ4v) is 2.21. The van der Waals surface area contributed by atoms with Crippen molar-refractivity contribution in [3.8, 4) is 6.07 Å². The van der Waals surface area contributed by atoms with Crippen molar-refractivity contribution in [1.82, 2.24) is 10.6 Å². The maximum Gasteiger partial charge on any atom is 0.338 e. The summed E-state index contributed by atoms with van der Waals surface area (Å²) in [6.45, 7) is 3.61. The van der Waals surface area contributed by atoms with E-state index in [1.165, 1.54) is 0 Å². The summed E-state index contributed by atoms with van der Waals surface area (Å²) in [4.78, 5) is 23.8. The summed E-state index contributed by atoms with van der Waals surface area (Å²) in [5.41, 5.74) is 1.91. The second-order valence-corrected chi connectivity index (χ2v) is 4.53. The number of hydrogen-bond acceptors (Lipinski definition) is 4. The van der Waals surface area contributed by atoms with Crippen molar-refractivity contribution in [3.05, 3.63) is 46.7 Å². The summed E-state index contributed by atoms with van der Waals surface area (Å²) >= 11 is 0. The van der Waals surface area contributed by atoms with E-state index < -0.39 is 18.0 Å². The lowest BCUT2D eigenvalue weighted by Gasteiger charge is -2.28. The quantitative estimate of drug-likeness (QED) is 0.828. The van der Waals surface area contributed by atoms with E-state index in [-0.39, 0.29) is 6.61 Å². The van der Waals surface area contributed by atoms with Crippen LogP contribution in [0.2, 0.25) is 0 Å². The number of rotatable bonds is 3. The highest BCUT2D eigenvalue weighted by atomic mass is 16.5. The Morgan fingerprint density at radius 3 is 2.90 bits per heavy atom. The van der Waals surface area contributed by atoms with Gasteiger partial charge in [0.2, 0.25) is 0 Å². The molecule has 21 heavy (non-hydrogen) atoms. The van der Waals surface area contributed by atoms with Crippen LogP contribution < -0.4 is 10.6 Å². The third kappa shape index (κ3) is 3.03. The van der Waals surface area contributed by atoms with Gasteiger partial charge in [0.25, 0.3) is 0 Å². The van der Waals surface area contributed by atoms with Crippen LogP contribution in [-0.2, 0) is 9.53 Å². The number of carbonyl (C=O) groups excluding carboxylic acids is 2. The lowest BCUT2D eigenvalue weighted by Crippen LogP contribution is -2.45. The van der Waals surface area contributed by atoms with E-state index in [9.17, 15) is 9.59 Å². The predicted octanol–water partition coefficient (Wildman–Crippen LogP) is 1.75. The highest BCUT2D eigenvalue weighted by molar-refractivity contribution is 5.95. The Morgan fingerprint density at radius 2 is 2.24 bits per heavy atom. The van der Waals surface area contributed by atoms with Gasteiger partial charge in [0.1, 0.15) is 0 Å². The highest BCUT2D eigenvalue weighted by Gasteiger charge is 2.32. The Labute approximate surface area is 122 Å². The number of amides is 2. The molecule has 1 atom stereocenters. The van der Waals surface area contributed by atoms with Crippen molar-refractivity contribution in [3.63, 3.8) is 0 Å². The van der Waals surface area contributed by atoms with Gasteiger partial charge in [-0.1, -0.05) is 12.1 Å². The normalized spacial score (nSPS) is 17.6. The van der Waals surface area contributed by atoms with Crippen LogP contribution in [0.4, 0.5) is 4.79 Å². The van der Waals surface area contributed by atoms with Crippen molar-refractivity contribution in [2.75, 3.05) is 6.61 Å². The molecule has 6 nitrogen and oxygen atoms in total. The summed E-state index contributed by atoms with van der Waals surface area (Å²) in [5, 5.41) is 14.2. The molecule has 0 spiro atoms. The Balaban J connectivity index is 2.47. The van der Waals surface area contributed by atoms with E-state index in [0.29, 0.717) is 22.4 Å². The number of ether oxygens (including phenoxy) is 1. The average molecular weight is 285 g/mol. The van der Waals surface area contributed by atoms with Crippen LogP contribution in [0.3, 0.4) is 0 Å². The first-order valence-corrected chi connectivity index (χ1v) is 6.52. The number of nitriles is 1. The first-order valence-electron chi connectivity index (χ1n) is 6.52. The first-order chi connectivity index (χ1) is 10.1. The van der Waals surface area contributed by atoms with Gasteiger partial charge < -0.3 is 15.4 Å². The van der Waals surface area contributed by atoms with Crippen LogP contribution in [0.5, 0.6) is 0 Å². The molecular formula is C15H15N3O3. The molecule has 0 saturated heterocycles. The fourth-order valence-electron chi connectivity index (χ4n) is 2.21. The van der Waals surface area contributed by atoms with Crippen molar-refractivity contribution in [2.45, 2.75) is 19.9 Å². The summed E-state index contributed by atoms with van der Waals surface area (Å²) < 4.78 is 5.04. The van der Waals surface area contributed by atoms with Crippen LogP contribution in [0.15, 0.2) is 35.5 Å². The number of urea groups is 1. The smallest absolute Gasteiger partial charge is 0.338 e. The minimum absolute atomic E-state index is 0.245. The monoisotopic (exact) mass is 285 g/mol. The number of carbonyl (C=O) groups is 2. The number of hydrogen-bond donors (Lipinski definition) is 2. The van der Waals surface area contributed by atoms with Crippen molar-refractivity contribution >= 4 is 12.0 Å². The maximum atomic E-state index is 12.1. The molecular weight excluding hydrogens is 270 g/mol. The molecule has 6 heteroatoms. The largest absolute Gasteiger partial charge is 0.463 e. The molecule has 2 amide bonds. The molecule has 1 unspecified atom stereocenters. The van der Waals surface area contributed by atoms with Gasteiger partial charge in [0.05, 0.1) is 29.9 Å². The molecule has 0 aromatic heterocycles. The molecule has 1 aliphatic rings. The zero-order chi connectivity index (χ0) is 15.4. The highest BCUT2D eigenvalue weighted by Crippen LogP contribution is 2.27. The molecule has 0 bridgehead atoms. The third-order valence-corrected chi connectivity index (χ3v) is 3.11. The fraction of sp³-hybridized carbons (Fsp3) is 0.267. The molecule has 2 N–H and O–H groups in total. The van der Waals surface area contributed by atoms with E-state index in [0.717, 1.165) is 0 Å². The van der Waals surface area contributed by atoms with Gasteiger partial charge in [0, 0.05) is 5.70 Å². The molecule has 0 fully saturated rings. The topological polar surface area (TPSA) is 91.2 Å². The molecule has 108 valence electrons. The Kier molecular flexibility index (Phi) is 4.24. The zero-order valence-electron chi connectivity index (χ0n) is 11.8. The second-order valence-electron chi connectivity index (χ2n) is 4.53. The minimum Gasteiger partial charge on any atom is -0.463 e. The van der Waals surface area contributed by atoms with Gasteiger partial charge in [-0.25, -0.2) is 9.59 Å². The first kappa shape index (κ1) is 14.6. The Hall–Kier alpha value is -2.81. The number of nitrogens with zero attached hydrogens (tertiary/aromatic N) is 1. The molecule has 0 radical (unpaired) electrons. The molecule has 0 aliphatic carbocycles. The van der Waals surface area contributed by atoms with Crippen molar-refractivity contribution in [2.24, 2.45) is 0 Å². The van der Waals surface area contributed by atoms with E-state index in [1.54, 1.807) is 38.1 Å². The van der Waals surface area contributed by atoms with E-state index >= 15 is 0 Å². The number of benzene rings is 1. The number of allylic oxidation sites excluding steroid dienone is 1. The SMILES string of the molecule is CCOC(=O)C1=C(C)NC(=O)NC1c1cccc(C#N)c1. The standard InChI is InChI=1S/C15H15N3O3/c1-3-21-14(19)12-9(2)17-15(20)18-13(12)11-6-4-5-10(7-11)8-16/h4-7,13H,3H2,1-2H3,(H2,17,18,20). The zero-order valence-corrected chi connectivity index (χ0v) is 11.8. The van der Waals surface area contributed by atoms with E-state index in [2.05, 4.69) is 10.6 Å². The summed E-state index contributed by atoms with van der Waals surface area (Å²) in [5.74, 6) is -0.491. The van der Waals surface area contributed by atoms with E-state index in [1.807, 2.05) is 6.07 Å². The maximum absolute atomic E-state index is 12.1.